The highest BCUT2D eigenvalue weighted by atomic mass is 31.2. The Hall–Kier alpha value is -2.20. The molecule has 2 heterocycles. The zero-order valence-corrected chi connectivity index (χ0v) is 22.3. The third-order valence-electron chi connectivity index (χ3n) is 7.90. The molecule has 176 valence electrons. The van der Waals surface area contributed by atoms with Gasteiger partial charge in [-0.3, -0.25) is 4.98 Å². The largest absolute Gasteiger partial charge is 0.496 e. The van der Waals surface area contributed by atoms with Crippen LogP contribution < -0.4 is 10.8 Å². The fourth-order valence-corrected chi connectivity index (χ4v) is 5.84. The zero-order chi connectivity index (χ0) is 24.7. The molecule has 5 rings (SSSR count). The molecule has 4 nitrogen and oxygen atoms in total. The van der Waals surface area contributed by atoms with Gasteiger partial charge in [-0.2, -0.15) is 0 Å². The maximum absolute atomic E-state index is 12.7. The van der Waals surface area contributed by atoms with Crippen molar-refractivity contribution in [3.05, 3.63) is 66.0 Å². The molecule has 2 aliphatic rings. The topological polar surface area (TPSA) is 48.4 Å². The van der Waals surface area contributed by atoms with Crippen molar-refractivity contribution >= 4 is 25.0 Å². The Kier molecular flexibility index (Phi) is 5.12. The van der Waals surface area contributed by atoms with E-state index in [1.807, 2.05) is 31.8 Å². The van der Waals surface area contributed by atoms with Crippen molar-refractivity contribution in [2.75, 3.05) is 13.3 Å². The number of hydrogen-bond donors (Lipinski definition) is 0. The Morgan fingerprint density at radius 2 is 1.35 bits per heavy atom. The van der Waals surface area contributed by atoms with Crippen LogP contribution in [0.25, 0.3) is 22.3 Å². The van der Waals surface area contributed by atoms with Crippen molar-refractivity contribution < 1.29 is 13.9 Å². The molecular weight excluding hydrogens is 440 g/mol. The lowest BCUT2D eigenvalue weighted by atomic mass is 9.78. The summed E-state index contributed by atoms with van der Waals surface area (Å²) in [4.78, 5) is 4.52. The minimum atomic E-state index is -2.33. The Morgan fingerprint density at radius 1 is 0.765 bits per heavy atom. The van der Waals surface area contributed by atoms with E-state index in [0.29, 0.717) is 0 Å². The second-order valence-electron chi connectivity index (χ2n) is 11.6. The molecule has 0 radical (unpaired) electrons. The molecule has 0 amide bonds. The number of fused-ring (bicyclic) bond motifs is 3. The maximum atomic E-state index is 12.7. The summed E-state index contributed by atoms with van der Waals surface area (Å²) in [7, 11) is -2.77. The summed E-state index contributed by atoms with van der Waals surface area (Å²) in [6.45, 7) is 16.4. The van der Waals surface area contributed by atoms with E-state index in [4.69, 9.17) is 9.31 Å². The van der Waals surface area contributed by atoms with E-state index >= 15 is 0 Å². The molecule has 3 aromatic rings. The number of rotatable bonds is 3. The highest BCUT2D eigenvalue weighted by molar-refractivity contribution is 7.70. The molecule has 1 fully saturated rings. The number of hydrogen-bond acceptors (Lipinski definition) is 4. The molecule has 2 aromatic carbocycles. The van der Waals surface area contributed by atoms with Gasteiger partial charge < -0.3 is 13.9 Å². The van der Waals surface area contributed by atoms with E-state index in [2.05, 4.69) is 82.9 Å². The Morgan fingerprint density at radius 3 is 1.97 bits per heavy atom. The third kappa shape index (κ3) is 3.61. The highest BCUT2D eigenvalue weighted by Gasteiger charge is 2.51. The Balaban J connectivity index is 1.53. The van der Waals surface area contributed by atoms with E-state index in [0.717, 1.165) is 21.9 Å². The van der Waals surface area contributed by atoms with Crippen LogP contribution in [-0.2, 0) is 19.3 Å². The lowest BCUT2D eigenvalue weighted by Gasteiger charge is -2.32. The monoisotopic (exact) mass is 473 g/mol. The molecule has 0 saturated carbocycles. The smallest absolute Gasteiger partial charge is 0.399 e. The maximum Gasteiger partial charge on any atom is 0.496 e. The first-order chi connectivity index (χ1) is 15.7. The first-order valence-corrected chi connectivity index (χ1v) is 14.5. The molecule has 6 heteroatoms. The quantitative estimate of drug-likeness (QED) is 0.367. The van der Waals surface area contributed by atoms with E-state index in [9.17, 15) is 4.57 Å². The summed E-state index contributed by atoms with van der Waals surface area (Å²) in [5, 5.41) is 0.937. The standard InChI is InChI=1S/C28H33BNO3P/c1-26(2)24-14-18(9-11-22(24)23-12-10-21(15-25(23)26)34(7,8)31)19-13-20(17-30-16-19)29-32-27(3,4)28(5,6)33-29/h9-17H,1-8H3. The Bertz CT molecular complexity index is 1340. The zero-order valence-electron chi connectivity index (χ0n) is 21.4. The van der Waals surface area contributed by atoms with Gasteiger partial charge in [0.15, 0.2) is 0 Å². The van der Waals surface area contributed by atoms with Crippen LogP contribution in [0, 0.1) is 0 Å². The van der Waals surface area contributed by atoms with E-state index < -0.39 is 25.5 Å². The molecule has 0 unspecified atom stereocenters. The summed E-state index contributed by atoms with van der Waals surface area (Å²) in [5.74, 6) is 0. The normalized spacial score (nSPS) is 19.7. The SMILES string of the molecule is CC1(C)c2cc(-c3cncc(B4OC(C)(C)C(C)(C)O4)c3)ccc2-c2ccc(P(C)(C)=O)cc21. The van der Waals surface area contributed by atoms with Crippen molar-refractivity contribution in [1.82, 2.24) is 4.98 Å². The minimum absolute atomic E-state index is 0.178. The van der Waals surface area contributed by atoms with Crippen LogP contribution in [-0.4, -0.2) is 36.6 Å². The van der Waals surface area contributed by atoms with Crippen LogP contribution in [0.3, 0.4) is 0 Å². The second-order valence-corrected chi connectivity index (χ2v) is 14.8. The minimum Gasteiger partial charge on any atom is -0.399 e. The van der Waals surface area contributed by atoms with Gasteiger partial charge in [0.05, 0.1) is 11.2 Å². The lowest BCUT2D eigenvalue weighted by molar-refractivity contribution is 0.00578. The molecule has 0 atom stereocenters. The molecule has 1 aliphatic heterocycles. The molecule has 34 heavy (non-hydrogen) atoms. The van der Waals surface area contributed by atoms with Crippen molar-refractivity contribution in [1.29, 1.82) is 0 Å². The van der Waals surface area contributed by atoms with Gasteiger partial charge >= 0.3 is 7.12 Å². The van der Waals surface area contributed by atoms with Crippen molar-refractivity contribution in [3.63, 3.8) is 0 Å². The second kappa shape index (κ2) is 7.40. The fraction of sp³-hybridized carbons (Fsp3) is 0.393. The van der Waals surface area contributed by atoms with Gasteiger partial charge in [-0.05, 0) is 86.5 Å². The first-order valence-electron chi connectivity index (χ1n) is 11.9. The van der Waals surface area contributed by atoms with Crippen LogP contribution in [0.4, 0.5) is 0 Å². The van der Waals surface area contributed by atoms with Gasteiger partial charge in [-0.15, -0.1) is 0 Å². The third-order valence-corrected chi connectivity index (χ3v) is 9.42. The molecule has 0 spiro atoms. The van der Waals surface area contributed by atoms with Crippen LogP contribution >= 0.6 is 7.14 Å². The first kappa shape index (κ1) is 23.5. The number of pyridine rings is 1. The van der Waals surface area contributed by atoms with Gasteiger partial charge in [0.2, 0.25) is 0 Å². The summed E-state index contributed by atoms with van der Waals surface area (Å²) < 4.78 is 25.2. The number of aromatic nitrogens is 1. The van der Waals surface area contributed by atoms with Gasteiger partial charge in [0.25, 0.3) is 0 Å². The van der Waals surface area contributed by atoms with Crippen LogP contribution in [0.1, 0.15) is 52.7 Å². The van der Waals surface area contributed by atoms with E-state index in [1.165, 1.54) is 22.3 Å². The van der Waals surface area contributed by atoms with Gasteiger partial charge in [-0.1, -0.05) is 44.2 Å². The summed E-state index contributed by atoms with van der Waals surface area (Å²) >= 11 is 0. The molecule has 1 aromatic heterocycles. The highest BCUT2D eigenvalue weighted by Crippen LogP contribution is 2.50. The van der Waals surface area contributed by atoms with Crippen LogP contribution in [0.5, 0.6) is 0 Å². The number of benzene rings is 2. The molecule has 1 saturated heterocycles. The van der Waals surface area contributed by atoms with Crippen molar-refractivity contribution in [3.8, 4) is 22.3 Å². The summed E-state index contributed by atoms with van der Waals surface area (Å²) in [6.07, 6.45) is 3.72. The predicted molar refractivity (Wildman–Crippen MR) is 142 cm³/mol. The fourth-order valence-electron chi connectivity index (χ4n) is 4.96. The van der Waals surface area contributed by atoms with E-state index in [-0.39, 0.29) is 5.41 Å². The van der Waals surface area contributed by atoms with E-state index in [1.54, 1.807) is 0 Å². The predicted octanol–water partition coefficient (Wildman–Crippen LogP) is 5.60. The average Bonchev–Trinajstić information content (AvgIpc) is 3.12. The summed E-state index contributed by atoms with van der Waals surface area (Å²) in [6, 6.07) is 15.1. The lowest BCUT2D eigenvalue weighted by Crippen LogP contribution is -2.41. The Labute approximate surface area is 203 Å². The van der Waals surface area contributed by atoms with Crippen LogP contribution in [0.2, 0.25) is 0 Å². The molecule has 0 bridgehead atoms. The molecular formula is C28H33BNO3P. The van der Waals surface area contributed by atoms with Gasteiger partial charge in [0.1, 0.15) is 7.14 Å². The van der Waals surface area contributed by atoms with Gasteiger partial charge in [0, 0.05) is 28.6 Å². The average molecular weight is 473 g/mol. The van der Waals surface area contributed by atoms with Crippen LogP contribution in [0.15, 0.2) is 54.9 Å². The van der Waals surface area contributed by atoms with Crippen molar-refractivity contribution in [2.45, 2.75) is 58.2 Å². The van der Waals surface area contributed by atoms with Crippen molar-refractivity contribution in [2.24, 2.45) is 0 Å². The van der Waals surface area contributed by atoms with Gasteiger partial charge in [-0.25, -0.2) is 0 Å². The molecule has 1 aliphatic carbocycles. The summed E-state index contributed by atoms with van der Waals surface area (Å²) in [5.41, 5.74) is 7.10. The molecule has 0 N–H and O–H groups in total. The number of nitrogens with zero attached hydrogens (tertiary/aromatic N) is 1.